The average Bonchev–Trinajstić information content (AvgIpc) is 2.69. The number of para-hydroxylation sites is 1. The molecule has 2 N–H and O–H groups in total. The maximum atomic E-state index is 13.1. The fraction of sp³-hybridized carbons (Fsp3) is 0.381. The maximum absolute atomic E-state index is 13.1. The molecule has 5 heteroatoms. The zero-order valence-corrected chi connectivity index (χ0v) is 16.9. The quantitative estimate of drug-likeness (QED) is 0.367. The molecule has 1 unspecified atom stereocenters. The highest BCUT2D eigenvalue weighted by atomic mass is 127. The Labute approximate surface area is 168 Å². The van der Waals surface area contributed by atoms with E-state index >= 15 is 0 Å². The van der Waals surface area contributed by atoms with E-state index in [1.165, 1.54) is 0 Å². The van der Waals surface area contributed by atoms with E-state index in [0.29, 0.717) is 5.92 Å². The number of nitrogens with one attached hydrogen (secondary N) is 2. The largest absolute Gasteiger partial charge is 0.459 e. The first-order valence-corrected chi connectivity index (χ1v) is 10.6. The molecule has 2 aromatic carbocycles. The van der Waals surface area contributed by atoms with Crippen LogP contribution in [-0.2, 0) is 9.53 Å². The van der Waals surface area contributed by atoms with Gasteiger partial charge in [0.2, 0.25) is 0 Å². The predicted octanol–water partition coefficient (Wildman–Crippen LogP) is 4.19. The Morgan fingerprint density at radius 3 is 2.54 bits per heavy atom. The van der Waals surface area contributed by atoms with Crippen LogP contribution >= 0.6 is 22.6 Å². The normalized spacial score (nSPS) is 21.0. The lowest BCUT2D eigenvalue weighted by atomic mass is 9.92. The summed E-state index contributed by atoms with van der Waals surface area (Å²) in [6.07, 6.45) is 2.08. The molecule has 1 heterocycles. The Bertz CT molecular complexity index is 679. The Morgan fingerprint density at radius 1 is 1.15 bits per heavy atom. The van der Waals surface area contributed by atoms with Crippen LogP contribution in [0.25, 0.3) is 0 Å². The summed E-state index contributed by atoms with van der Waals surface area (Å²) in [6.45, 7) is 1.74. The van der Waals surface area contributed by atoms with Crippen molar-refractivity contribution in [2.75, 3.05) is 22.8 Å². The summed E-state index contributed by atoms with van der Waals surface area (Å²) < 4.78 is 7.06. The summed E-state index contributed by atoms with van der Waals surface area (Å²) in [7, 11) is 0. The molecule has 0 amide bonds. The van der Waals surface area contributed by atoms with Crippen LogP contribution in [0.4, 0.5) is 5.69 Å². The monoisotopic (exact) mass is 464 g/mol. The first kappa shape index (κ1) is 19.2. The van der Waals surface area contributed by atoms with Gasteiger partial charge in [0.05, 0.1) is 0 Å². The van der Waals surface area contributed by atoms with Gasteiger partial charge in [-0.15, -0.1) is 0 Å². The van der Waals surface area contributed by atoms with Crippen LogP contribution in [0.15, 0.2) is 60.7 Å². The number of benzene rings is 2. The zero-order valence-electron chi connectivity index (χ0n) is 14.7. The van der Waals surface area contributed by atoms with Gasteiger partial charge in [0, 0.05) is 12.2 Å². The standard InChI is InChI=1S/C21H25IN2O2/c22-13-11-16-12-14-23-15-19(16)26-21(25)20(17-7-3-1-4-8-17)24-18-9-5-2-6-10-18/h1-10,16,19-20,23-24H,11-15H2/t16?,19-,20+/m0/s1. The minimum absolute atomic E-state index is 0.0604. The molecule has 0 radical (unpaired) electrons. The molecule has 2 aromatic rings. The molecular weight excluding hydrogens is 439 g/mol. The maximum Gasteiger partial charge on any atom is 0.333 e. The van der Waals surface area contributed by atoms with E-state index in [-0.39, 0.29) is 12.1 Å². The average molecular weight is 464 g/mol. The lowest BCUT2D eigenvalue weighted by Gasteiger charge is -2.32. The van der Waals surface area contributed by atoms with Gasteiger partial charge >= 0.3 is 5.97 Å². The van der Waals surface area contributed by atoms with Crippen molar-refractivity contribution in [3.63, 3.8) is 0 Å². The van der Waals surface area contributed by atoms with Gasteiger partial charge in [-0.25, -0.2) is 4.79 Å². The van der Waals surface area contributed by atoms with Crippen molar-refractivity contribution in [3.8, 4) is 0 Å². The topological polar surface area (TPSA) is 50.4 Å². The smallest absolute Gasteiger partial charge is 0.333 e. The van der Waals surface area contributed by atoms with Crippen molar-refractivity contribution >= 4 is 34.2 Å². The molecule has 3 atom stereocenters. The second-order valence-corrected chi connectivity index (χ2v) is 7.64. The highest BCUT2D eigenvalue weighted by molar-refractivity contribution is 14.1. The van der Waals surface area contributed by atoms with E-state index < -0.39 is 6.04 Å². The fourth-order valence-electron chi connectivity index (χ4n) is 3.33. The number of alkyl halides is 1. The van der Waals surface area contributed by atoms with E-state index in [2.05, 4.69) is 33.2 Å². The highest BCUT2D eigenvalue weighted by Gasteiger charge is 2.31. The molecule has 1 fully saturated rings. The molecule has 1 aliphatic heterocycles. The lowest BCUT2D eigenvalue weighted by Crippen LogP contribution is -2.44. The van der Waals surface area contributed by atoms with E-state index in [9.17, 15) is 4.79 Å². The van der Waals surface area contributed by atoms with Crippen LogP contribution in [0.3, 0.4) is 0 Å². The van der Waals surface area contributed by atoms with Gasteiger partial charge in [0.15, 0.2) is 6.04 Å². The molecule has 138 valence electrons. The molecule has 0 bridgehead atoms. The Balaban J connectivity index is 1.76. The third-order valence-electron chi connectivity index (χ3n) is 4.76. The van der Waals surface area contributed by atoms with Crippen LogP contribution in [0.5, 0.6) is 0 Å². The summed E-state index contributed by atoms with van der Waals surface area (Å²) in [4.78, 5) is 13.1. The number of carbonyl (C=O) groups excluding carboxylic acids is 1. The van der Waals surface area contributed by atoms with Crippen molar-refractivity contribution in [1.29, 1.82) is 0 Å². The van der Waals surface area contributed by atoms with Crippen LogP contribution in [0, 0.1) is 5.92 Å². The first-order valence-electron chi connectivity index (χ1n) is 9.11. The van der Waals surface area contributed by atoms with Gasteiger partial charge < -0.3 is 15.4 Å². The summed E-state index contributed by atoms with van der Waals surface area (Å²) in [6, 6.07) is 19.1. The van der Waals surface area contributed by atoms with Crippen molar-refractivity contribution in [3.05, 3.63) is 66.2 Å². The minimum Gasteiger partial charge on any atom is -0.459 e. The van der Waals surface area contributed by atoms with Gasteiger partial charge in [-0.05, 0) is 47.4 Å². The Hall–Kier alpha value is -1.60. The highest BCUT2D eigenvalue weighted by Crippen LogP contribution is 2.25. The molecule has 3 rings (SSSR count). The third-order valence-corrected chi connectivity index (χ3v) is 5.39. The number of esters is 1. The number of hydrogen-bond donors (Lipinski definition) is 2. The van der Waals surface area contributed by atoms with E-state index in [0.717, 1.165) is 41.6 Å². The van der Waals surface area contributed by atoms with Gasteiger partial charge in [0.1, 0.15) is 6.10 Å². The van der Waals surface area contributed by atoms with Crippen LogP contribution in [0.1, 0.15) is 24.4 Å². The molecule has 0 aromatic heterocycles. The Morgan fingerprint density at radius 2 is 1.85 bits per heavy atom. The van der Waals surface area contributed by atoms with Crippen molar-refractivity contribution in [1.82, 2.24) is 5.32 Å². The summed E-state index contributed by atoms with van der Waals surface area (Å²) >= 11 is 2.40. The number of carbonyl (C=O) groups is 1. The van der Waals surface area contributed by atoms with Gasteiger partial charge in [0.25, 0.3) is 0 Å². The molecule has 0 saturated carbocycles. The number of rotatable bonds is 7. The minimum atomic E-state index is -0.513. The second kappa shape index (κ2) is 9.92. The van der Waals surface area contributed by atoms with Gasteiger partial charge in [-0.1, -0.05) is 71.1 Å². The van der Waals surface area contributed by atoms with Crippen molar-refractivity contribution in [2.45, 2.75) is 25.0 Å². The number of hydrogen-bond acceptors (Lipinski definition) is 4. The number of ether oxygens (including phenoxy) is 1. The predicted molar refractivity (Wildman–Crippen MR) is 114 cm³/mol. The van der Waals surface area contributed by atoms with Crippen molar-refractivity contribution < 1.29 is 9.53 Å². The summed E-state index contributed by atoms with van der Waals surface area (Å²) in [5, 5.41) is 6.69. The lowest BCUT2D eigenvalue weighted by molar-refractivity contribution is -0.153. The summed E-state index contributed by atoms with van der Waals surface area (Å²) in [5.41, 5.74) is 1.82. The van der Waals surface area contributed by atoms with Crippen molar-refractivity contribution in [2.24, 2.45) is 5.92 Å². The number of halogens is 1. The first-order chi connectivity index (χ1) is 12.8. The number of piperidine rings is 1. The molecule has 1 saturated heterocycles. The van der Waals surface area contributed by atoms with Crippen LogP contribution in [0.2, 0.25) is 0 Å². The third kappa shape index (κ3) is 5.20. The summed E-state index contributed by atoms with van der Waals surface area (Å²) in [5.74, 6) is 0.220. The molecule has 0 spiro atoms. The Kier molecular flexibility index (Phi) is 7.32. The number of anilines is 1. The molecule has 4 nitrogen and oxygen atoms in total. The molecule has 26 heavy (non-hydrogen) atoms. The SMILES string of the molecule is O=C(O[C@H]1CNCCC1CCI)[C@H](Nc1ccccc1)c1ccccc1. The fourth-order valence-corrected chi connectivity index (χ4v) is 4.13. The molecule has 1 aliphatic rings. The van der Waals surface area contributed by atoms with Gasteiger partial charge in [-0.2, -0.15) is 0 Å². The van der Waals surface area contributed by atoms with E-state index in [4.69, 9.17) is 4.74 Å². The van der Waals surface area contributed by atoms with Crippen LogP contribution < -0.4 is 10.6 Å². The zero-order chi connectivity index (χ0) is 18.2. The van der Waals surface area contributed by atoms with E-state index in [1.807, 2.05) is 60.7 Å². The molecule has 0 aliphatic carbocycles. The van der Waals surface area contributed by atoms with Crippen LogP contribution in [-0.4, -0.2) is 29.6 Å². The second-order valence-electron chi connectivity index (χ2n) is 6.56. The van der Waals surface area contributed by atoms with Gasteiger partial charge in [-0.3, -0.25) is 0 Å². The van der Waals surface area contributed by atoms with E-state index in [1.54, 1.807) is 0 Å². The molecular formula is C21H25IN2O2.